The molecular formula is C9H9Cl2N. The van der Waals surface area contributed by atoms with E-state index in [0.717, 1.165) is 22.0 Å². The van der Waals surface area contributed by atoms with Gasteiger partial charge in [-0.3, -0.25) is 0 Å². The van der Waals surface area contributed by atoms with Gasteiger partial charge in [-0.25, -0.2) is 0 Å². The zero-order valence-corrected chi connectivity index (χ0v) is 7.94. The summed E-state index contributed by atoms with van der Waals surface area (Å²) in [6.45, 7) is 0. The lowest BCUT2D eigenvalue weighted by atomic mass is 10.1. The summed E-state index contributed by atoms with van der Waals surface area (Å²) in [7, 11) is 0. The molecule has 12 heavy (non-hydrogen) atoms. The fourth-order valence-electron chi connectivity index (χ4n) is 1.37. The van der Waals surface area contributed by atoms with Crippen LogP contribution in [-0.4, -0.2) is 6.04 Å². The third-order valence-electron chi connectivity index (χ3n) is 2.20. The van der Waals surface area contributed by atoms with Gasteiger partial charge in [0.05, 0.1) is 0 Å². The predicted molar refractivity (Wildman–Crippen MR) is 51.8 cm³/mol. The van der Waals surface area contributed by atoms with Gasteiger partial charge in [-0.1, -0.05) is 23.2 Å². The molecule has 0 aliphatic heterocycles. The molecule has 64 valence electrons. The van der Waals surface area contributed by atoms with Crippen LogP contribution in [0.4, 0.5) is 0 Å². The molecule has 3 heteroatoms. The van der Waals surface area contributed by atoms with Crippen LogP contribution < -0.4 is 5.73 Å². The largest absolute Gasteiger partial charge is 0.327 e. The van der Waals surface area contributed by atoms with Crippen molar-refractivity contribution in [2.45, 2.75) is 18.4 Å². The topological polar surface area (TPSA) is 26.0 Å². The molecule has 2 rings (SSSR count). The summed E-state index contributed by atoms with van der Waals surface area (Å²) in [6.07, 6.45) is 1.03. The van der Waals surface area contributed by atoms with Gasteiger partial charge in [-0.15, -0.1) is 0 Å². The standard InChI is InChI=1S/C9H9Cl2N/c10-5-1-2-8(11)6(3-5)7-4-9(7)12/h1-3,7,9H,4,12H2/t7-,9-/m0/s1. The minimum Gasteiger partial charge on any atom is -0.327 e. The minimum atomic E-state index is 0.279. The Hall–Kier alpha value is -0.240. The van der Waals surface area contributed by atoms with Crippen molar-refractivity contribution in [2.24, 2.45) is 5.73 Å². The molecule has 0 radical (unpaired) electrons. The third-order valence-corrected chi connectivity index (χ3v) is 2.78. The Morgan fingerprint density at radius 2 is 2.00 bits per heavy atom. The van der Waals surface area contributed by atoms with Crippen molar-refractivity contribution < 1.29 is 0 Å². The van der Waals surface area contributed by atoms with Crippen molar-refractivity contribution >= 4 is 23.2 Å². The van der Waals surface area contributed by atoms with Crippen LogP contribution in [0.25, 0.3) is 0 Å². The van der Waals surface area contributed by atoms with Crippen LogP contribution in [0.15, 0.2) is 18.2 Å². The normalized spacial score (nSPS) is 27.2. The summed E-state index contributed by atoms with van der Waals surface area (Å²) in [6, 6.07) is 5.80. The molecule has 2 atom stereocenters. The number of nitrogens with two attached hydrogens (primary N) is 1. The molecule has 1 saturated carbocycles. The molecule has 1 fully saturated rings. The van der Waals surface area contributed by atoms with E-state index < -0.39 is 0 Å². The van der Waals surface area contributed by atoms with Crippen LogP contribution in [-0.2, 0) is 0 Å². The first-order valence-electron chi connectivity index (χ1n) is 3.89. The number of hydrogen-bond donors (Lipinski definition) is 1. The third kappa shape index (κ3) is 1.45. The van der Waals surface area contributed by atoms with E-state index in [-0.39, 0.29) is 6.04 Å². The van der Waals surface area contributed by atoms with Crippen molar-refractivity contribution in [2.75, 3.05) is 0 Å². The van der Waals surface area contributed by atoms with Gasteiger partial charge in [0.25, 0.3) is 0 Å². The van der Waals surface area contributed by atoms with E-state index in [9.17, 15) is 0 Å². The van der Waals surface area contributed by atoms with Crippen LogP contribution in [0.3, 0.4) is 0 Å². The van der Waals surface area contributed by atoms with Crippen molar-refractivity contribution in [3.8, 4) is 0 Å². The van der Waals surface area contributed by atoms with E-state index in [1.54, 1.807) is 6.07 Å². The number of halogens is 2. The highest BCUT2D eigenvalue weighted by atomic mass is 35.5. The summed E-state index contributed by atoms with van der Waals surface area (Å²) < 4.78 is 0. The van der Waals surface area contributed by atoms with Gasteiger partial charge in [0.15, 0.2) is 0 Å². The van der Waals surface area contributed by atoms with Crippen molar-refractivity contribution in [3.63, 3.8) is 0 Å². The summed E-state index contributed by atoms with van der Waals surface area (Å²) in [4.78, 5) is 0. The Kier molecular flexibility index (Phi) is 2.03. The molecule has 2 N–H and O–H groups in total. The van der Waals surface area contributed by atoms with Crippen molar-refractivity contribution in [1.29, 1.82) is 0 Å². The quantitative estimate of drug-likeness (QED) is 0.744. The molecule has 1 aromatic carbocycles. The Labute approximate surface area is 81.5 Å². The lowest BCUT2D eigenvalue weighted by Crippen LogP contribution is -2.01. The first-order valence-corrected chi connectivity index (χ1v) is 4.64. The summed E-state index contributed by atoms with van der Waals surface area (Å²) in [5.41, 5.74) is 6.81. The maximum absolute atomic E-state index is 5.98. The van der Waals surface area contributed by atoms with E-state index in [0.29, 0.717) is 5.92 Å². The molecule has 0 saturated heterocycles. The van der Waals surface area contributed by atoms with Gasteiger partial charge in [0.1, 0.15) is 0 Å². The monoisotopic (exact) mass is 201 g/mol. The Bertz CT molecular complexity index is 311. The second-order valence-electron chi connectivity index (χ2n) is 3.17. The zero-order valence-electron chi connectivity index (χ0n) is 6.43. The molecule has 1 aliphatic carbocycles. The first kappa shape index (κ1) is 8.36. The molecular weight excluding hydrogens is 193 g/mol. The minimum absolute atomic E-state index is 0.279. The molecule has 0 heterocycles. The van der Waals surface area contributed by atoms with Gasteiger partial charge in [-0.2, -0.15) is 0 Å². The summed E-state index contributed by atoms with van der Waals surface area (Å²) >= 11 is 11.8. The highest BCUT2D eigenvalue weighted by molar-refractivity contribution is 6.33. The highest BCUT2D eigenvalue weighted by Gasteiger charge is 2.36. The fourth-order valence-corrected chi connectivity index (χ4v) is 1.81. The summed E-state index contributed by atoms with van der Waals surface area (Å²) in [5, 5.41) is 1.51. The Morgan fingerprint density at radius 1 is 1.33 bits per heavy atom. The van der Waals surface area contributed by atoms with Crippen LogP contribution in [0, 0.1) is 0 Å². The van der Waals surface area contributed by atoms with Crippen LogP contribution >= 0.6 is 23.2 Å². The second-order valence-corrected chi connectivity index (χ2v) is 4.02. The van der Waals surface area contributed by atoms with Crippen molar-refractivity contribution in [1.82, 2.24) is 0 Å². The SMILES string of the molecule is N[C@H]1C[C@H]1c1cc(Cl)ccc1Cl. The van der Waals surface area contributed by atoms with Gasteiger partial charge in [0.2, 0.25) is 0 Å². The van der Waals surface area contributed by atoms with E-state index in [1.807, 2.05) is 12.1 Å². The van der Waals surface area contributed by atoms with Crippen LogP contribution in [0.1, 0.15) is 17.9 Å². The van der Waals surface area contributed by atoms with E-state index in [2.05, 4.69) is 0 Å². The number of benzene rings is 1. The number of hydrogen-bond acceptors (Lipinski definition) is 1. The van der Waals surface area contributed by atoms with Crippen LogP contribution in [0.2, 0.25) is 10.0 Å². The molecule has 1 nitrogen and oxygen atoms in total. The summed E-state index contributed by atoms with van der Waals surface area (Å²) in [5.74, 6) is 0.427. The highest BCUT2D eigenvalue weighted by Crippen LogP contribution is 2.42. The number of rotatable bonds is 1. The average molecular weight is 202 g/mol. The van der Waals surface area contributed by atoms with E-state index in [4.69, 9.17) is 28.9 Å². The molecule has 0 amide bonds. The first-order chi connectivity index (χ1) is 5.68. The molecule has 0 aromatic heterocycles. The lowest BCUT2D eigenvalue weighted by Gasteiger charge is -2.02. The lowest BCUT2D eigenvalue weighted by molar-refractivity contribution is 0.991. The van der Waals surface area contributed by atoms with Crippen molar-refractivity contribution in [3.05, 3.63) is 33.8 Å². The molecule has 0 unspecified atom stereocenters. The maximum Gasteiger partial charge on any atom is 0.0442 e. The van der Waals surface area contributed by atoms with Gasteiger partial charge >= 0.3 is 0 Å². The molecule has 1 aromatic rings. The maximum atomic E-state index is 5.98. The van der Waals surface area contributed by atoms with E-state index >= 15 is 0 Å². The fraction of sp³-hybridized carbons (Fsp3) is 0.333. The second kappa shape index (κ2) is 2.91. The van der Waals surface area contributed by atoms with Gasteiger partial charge < -0.3 is 5.73 Å². The zero-order chi connectivity index (χ0) is 8.72. The van der Waals surface area contributed by atoms with Gasteiger partial charge in [-0.05, 0) is 30.2 Å². The molecule has 1 aliphatic rings. The average Bonchev–Trinajstić information content (AvgIpc) is 2.73. The predicted octanol–water partition coefficient (Wildman–Crippen LogP) is 2.81. The van der Waals surface area contributed by atoms with Crippen LogP contribution in [0.5, 0.6) is 0 Å². The van der Waals surface area contributed by atoms with Gasteiger partial charge in [0, 0.05) is 22.0 Å². The smallest absolute Gasteiger partial charge is 0.0442 e. The Morgan fingerprint density at radius 3 is 2.58 bits per heavy atom. The van der Waals surface area contributed by atoms with E-state index in [1.165, 1.54) is 0 Å². The molecule has 0 bridgehead atoms. The molecule has 0 spiro atoms. The Balaban J connectivity index is 2.36.